The number of benzene rings is 2. The first kappa shape index (κ1) is 17.1. The Morgan fingerprint density at radius 1 is 0.964 bits per heavy atom. The molecule has 0 bridgehead atoms. The molecular weight excluding hydrogens is 348 g/mol. The molecule has 2 aromatic heterocycles. The Bertz CT molecular complexity index is 1200. The molecule has 4 heteroatoms. The van der Waals surface area contributed by atoms with E-state index >= 15 is 0 Å². The highest BCUT2D eigenvalue weighted by atomic mass is 16.4. The van der Waals surface area contributed by atoms with Gasteiger partial charge in [-0.25, -0.2) is 0 Å². The van der Waals surface area contributed by atoms with Crippen molar-refractivity contribution in [3.05, 3.63) is 65.0 Å². The third kappa shape index (κ3) is 2.71. The minimum Gasteiger partial charge on any atom is -0.439 e. The second-order valence-corrected chi connectivity index (χ2v) is 7.74. The van der Waals surface area contributed by atoms with E-state index in [1.165, 1.54) is 19.3 Å². The summed E-state index contributed by atoms with van der Waals surface area (Å²) < 4.78 is 8.11. The van der Waals surface area contributed by atoms with Crippen LogP contribution in [0.15, 0.2) is 63.8 Å². The van der Waals surface area contributed by atoms with Crippen LogP contribution in [0.3, 0.4) is 0 Å². The van der Waals surface area contributed by atoms with Crippen LogP contribution in [0.4, 0.5) is 5.88 Å². The number of fused-ring (bicyclic) bond motifs is 3. The first-order chi connectivity index (χ1) is 13.7. The van der Waals surface area contributed by atoms with Gasteiger partial charge in [-0.15, -0.1) is 0 Å². The summed E-state index contributed by atoms with van der Waals surface area (Å²) in [4.78, 5) is 13.3. The van der Waals surface area contributed by atoms with Gasteiger partial charge >= 0.3 is 0 Å². The van der Waals surface area contributed by atoms with Crippen molar-refractivity contribution in [1.29, 1.82) is 0 Å². The van der Waals surface area contributed by atoms with E-state index in [1.807, 2.05) is 61.6 Å². The minimum absolute atomic E-state index is 0.0204. The smallest absolute Gasteiger partial charge is 0.262 e. The third-order valence-corrected chi connectivity index (χ3v) is 5.94. The van der Waals surface area contributed by atoms with Gasteiger partial charge in [0, 0.05) is 18.5 Å². The quantitative estimate of drug-likeness (QED) is 0.502. The van der Waals surface area contributed by atoms with Crippen molar-refractivity contribution >= 4 is 27.8 Å². The molecule has 1 N–H and O–H groups in total. The van der Waals surface area contributed by atoms with Crippen LogP contribution in [0, 0.1) is 0 Å². The van der Waals surface area contributed by atoms with Crippen molar-refractivity contribution in [2.45, 2.75) is 38.1 Å². The Morgan fingerprint density at radius 3 is 2.46 bits per heavy atom. The van der Waals surface area contributed by atoms with E-state index in [-0.39, 0.29) is 5.56 Å². The molecule has 2 aromatic carbocycles. The highest BCUT2D eigenvalue weighted by Gasteiger charge is 2.24. The van der Waals surface area contributed by atoms with Gasteiger partial charge in [0.25, 0.3) is 5.56 Å². The van der Waals surface area contributed by atoms with Crippen molar-refractivity contribution in [1.82, 2.24) is 4.57 Å². The zero-order valence-corrected chi connectivity index (χ0v) is 16.1. The van der Waals surface area contributed by atoms with E-state index in [0.717, 1.165) is 40.8 Å². The van der Waals surface area contributed by atoms with Crippen molar-refractivity contribution < 1.29 is 4.42 Å². The Balaban J connectivity index is 1.82. The zero-order valence-electron chi connectivity index (χ0n) is 16.1. The number of aromatic nitrogens is 1. The van der Waals surface area contributed by atoms with E-state index in [4.69, 9.17) is 4.42 Å². The molecule has 5 rings (SSSR count). The number of nitrogens with one attached hydrogen (secondary N) is 1. The molecule has 28 heavy (non-hydrogen) atoms. The average Bonchev–Trinajstić information content (AvgIpc) is 3.13. The number of rotatable bonds is 3. The molecule has 2 heterocycles. The lowest BCUT2D eigenvalue weighted by Crippen LogP contribution is -2.22. The predicted molar refractivity (Wildman–Crippen MR) is 115 cm³/mol. The summed E-state index contributed by atoms with van der Waals surface area (Å²) in [5.74, 6) is 0.724. The van der Waals surface area contributed by atoms with Gasteiger partial charge in [-0.1, -0.05) is 61.7 Å². The molecule has 0 spiro atoms. The van der Waals surface area contributed by atoms with Crippen molar-refractivity contribution in [3.63, 3.8) is 0 Å². The molecule has 142 valence electrons. The molecule has 4 aromatic rings. The fraction of sp³-hybridized carbons (Fsp3) is 0.292. The Hall–Kier alpha value is -3.01. The molecule has 0 saturated heterocycles. The van der Waals surface area contributed by atoms with Gasteiger partial charge in [-0.05, 0) is 30.5 Å². The van der Waals surface area contributed by atoms with E-state index in [1.54, 1.807) is 4.57 Å². The molecule has 1 fully saturated rings. The molecule has 0 atom stereocenters. The number of hydrogen-bond donors (Lipinski definition) is 1. The van der Waals surface area contributed by atoms with E-state index < -0.39 is 0 Å². The molecule has 0 aliphatic heterocycles. The second-order valence-electron chi connectivity index (χ2n) is 7.74. The number of para-hydroxylation sites is 1. The van der Waals surface area contributed by atoms with Crippen molar-refractivity contribution in [3.8, 4) is 11.1 Å². The summed E-state index contributed by atoms with van der Waals surface area (Å²) >= 11 is 0. The van der Waals surface area contributed by atoms with Gasteiger partial charge in [0.2, 0.25) is 5.88 Å². The molecule has 1 aliphatic carbocycles. The Kier molecular flexibility index (Phi) is 4.19. The monoisotopic (exact) mass is 372 g/mol. The standard InChI is InChI=1S/C24H24N2O2/c1-26-19-15-9-8-14-18(19)22-21(24(26)27)20(16-10-4-2-5-11-16)23(28-22)25-17-12-6-3-7-13-17/h2,4-5,8-11,14-15,17,25H,3,6-7,12-13H2,1H3. The Labute approximate surface area is 163 Å². The van der Waals surface area contributed by atoms with Crippen LogP contribution in [0.5, 0.6) is 0 Å². The molecular formula is C24H24N2O2. The maximum absolute atomic E-state index is 13.3. The van der Waals surface area contributed by atoms with Crippen LogP contribution in [0.25, 0.3) is 33.0 Å². The Morgan fingerprint density at radius 2 is 1.68 bits per heavy atom. The summed E-state index contributed by atoms with van der Waals surface area (Å²) in [6, 6.07) is 18.4. The molecule has 4 nitrogen and oxygen atoms in total. The summed E-state index contributed by atoms with van der Waals surface area (Å²) in [7, 11) is 1.83. The molecule has 0 unspecified atom stereocenters. The highest BCUT2D eigenvalue weighted by Crippen LogP contribution is 2.40. The van der Waals surface area contributed by atoms with Gasteiger partial charge in [-0.3, -0.25) is 4.79 Å². The van der Waals surface area contributed by atoms with Gasteiger partial charge in [0.1, 0.15) is 0 Å². The number of pyridine rings is 1. The lowest BCUT2D eigenvalue weighted by Gasteiger charge is -2.23. The van der Waals surface area contributed by atoms with Gasteiger partial charge in [0.05, 0.1) is 16.5 Å². The number of furan rings is 1. The second kappa shape index (κ2) is 6.86. The fourth-order valence-electron chi connectivity index (χ4n) is 4.47. The number of nitrogens with zero attached hydrogens (tertiary/aromatic N) is 1. The van der Waals surface area contributed by atoms with Crippen LogP contribution in [-0.4, -0.2) is 10.6 Å². The molecule has 1 saturated carbocycles. The average molecular weight is 372 g/mol. The van der Waals surface area contributed by atoms with E-state index in [9.17, 15) is 4.79 Å². The maximum Gasteiger partial charge on any atom is 0.262 e. The van der Waals surface area contributed by atoms with Gasteiger partial charge < -0.3 is 14.3 Å². The normalized spacial score (nSPS) is 15.3. The van der Waals surface area contributed by atoms with E-state index in [2.05, 4.69) is 5.32 Å². The lowest BCUT2D eigenvalue weighted by molar-refractivity contribution is 0.453. The first-order valence-corrected chi connectivity index (χ1v) is 10.1. The minimum atomic E-state index is -0.0204. The molecule has 0 amide bonds. The van der Waals surface area contributed by atoms with Gasteiger partial charge in [0.15, 0.2) is 5.58 Å². The van der Waals surface area contributed by atoms with Crippen LogP contribution in [0.1, 0.15) is 32.1 Å². The summed E-state index contributed by atoms with van der Waals surface area (Å²) in [5.41, 5.74) is 3.43. The number of hydrogen-bond acceptors (Lipinski definition) is 3. The molecule has 0 radical (unpaired) electrons. The van der Waals surface area contributed by atoms with Crippen LogP contribution >= 0.6 is 0 Å². The fourth-order valence-corrected chi connectivity index (χ4v) is 4.47. The lowest BCUT2D eigenvalue weighted by atomic mass is 9.95. The summed E-state index contributed by atoms with van der Waals surface area (Å²) in [5, 5.41) is 5.26. The number of anilines is 1. The topological polar surface area (TPSA) is 47.2 Å². The largest absolute Gasteiger partial charge is 0.439 e. The first-order valence-electron chi connectivity index (χ1n) is 10.1. The SMILES string of the molecule is Cn1c(=O)c2c(-c3ccccc3)c(NC3CCCCC3)oc2c2ccccc21. The number of aryl methyl sites for hydroxylation is 1. The van der Waals surface area contributed by atoms with Gasteiger partial charge in [-0.2, -0.15) is 0 Å². The van der Waals surface area contributed by atoms with E-state index in [0.29, 0.717) is 17.0 Å². The summed E-state index contributed by atoms with van der Waals surface area (Å²) in [6.07, 6.45) is 6.07. The third-order valence-electron chi connectivity index (χ3n) is 5.94. The maximum atomic E-state index is 13.3. The predicted octanol–water partition coefficient (Wildman–Crippen LogP) is 5.70. The van der Waals surface area contributed by atoms with Crippen LogP contribution in [-0.2, 0) is 7.05 Å². The van der Waals surface area contributed by atoms with Crippen LogP contribution in [0.2, 0.25) is 0 Å². The van der Waals surface area contributed by atoms with Crippen molar-refractivity contribution in [2.24, 2.45) is 7.05 Å². The highest BCUT2D eigenvalue weighted by molar-refractivity contribution is 6.10. The van der Waals surface area contributed by atoms with Crippen LogP contribution < -0.4 is 10.9 Å². The zero-order chi connectivity index (χ0) is 19.1. The summed E-state index contributed by atoms with van der Waals surface area (Å²) in [6.45, 7) is 0. The molecule has 1 aliphatic rings. The van der Waals surface area contributed by atoms with Crippen molar-refractivity contribution in [2.75, 3.05) is 5.32 Å².